The largest absolute Gasteiger partial charge is 0.373 e. The molecule has 1 aliphatic heterocycles. The summed E-state index contributed by atoms with van der Waals surface area (Å²) in [5.41, 5.74) is 1.11. The number of hydrogen-bond donors (Lipinski definition) is 1. The molecule has 0 spiro atoms. The summed E-state index contributed by atoms with van der Waals surface area (Å²) < 4.78 is 0. The van der Waals surface area contributed by atoms with E-state index in [1.54, 1.807) is 18.2 Å². The van der Waals surface area contributed by atoms with Crippen molar-refractivity contribution in [2.75, 3.05) is 18.4 Å². The summed E-state index contributed by atoms with van der Waals surface area (Å²) >= 11 is 5.96. The maximum atomic E-state index is 12.5. The Morgan fingerprint density at radius 2 is 2.00 bits per heavy atom. The van der Waals surface area contributed by atoms with Crippen LogP contribution in [-0.2, 0) is 4.79 Å². The Hall–Kier alpha value is -1.73. The van der Waals surface area contributed by atoms with E-state index in [2.05, 4.69) is 11.4 Å². The van der Waals surface area contributed by atoms with Crippen LogP contribution in [0, 0.1) is 11.3 Å². The van der Waals surface area contributed by atoms with Crippen molar-refractivity contribution in [1.29, 1.82) is 5.26 Å². The Morgan fingerprint density at radius 3 is 2.62 bits per heavy atom. The van der Waals surface area contributed by atoms with Gasteiger partial charge in [-0.25, -0.2) is 0 Å². The highest BCUT2D eigenvalue weighted by atomic mass is 35.5. The molecular formula is C16H20ClN3O. The van der Waals surface area contributed by atoms with Crippen LogP contribution in [0.25, 0.3) is 0 Å². The summed E-state index contributed by atoms with van der Waals surface area (Å²) in [6, 6.07) is 6.76. The van der Waals surface area contributed by atoms with Gasteiger partial charge in [-0.15, -0.1) is 0 Å². The van der Waals surface area contributed by atoms with E-state index in [0.717, 1.165) is 25.9 Å². The Labute approximate surface area is 130 Å². The van der Waals surface area contributed by atoms with Crippen LogP contribution >= 0.6 is 11.6 Å². The number of carbonyl (C=O) groups is 1. The molecule has 0 bridgehead atoms. The summed E-state index contributed by atoms with van der Waals surface area (Å²) in [7, 11) is 0. The second kappa shape index (κ2) is 7.33. The minimum Gasteiger partial charge on any atom is -0.373 e. The standard InChI is InChI=1S/C16H20ClN3O/c1-12(16(21)20-8-4-2-3-5-9-20)19-15-10-14(17)7-6-13(15)11-18/h6-7,10,12,19H,2-5,8-9H2,1H3. The molecule has 112 valence electrons. The fraction of sp³-hybridized carbons (Fsp3) is 0.500. The molecule has 1 fully saturated rings. The van der Waals surface area contributed by atoms with Crippen molar-refractivity contribution in [3.05, 3.63) is 28.8 Å². The maximum Gasteiger partial charge on any atom is 0.244 e. The molecule has 0 radical (unpaired) electrons. The molecule has 1 atom stereocenters. The van der Waals surface area contributed by atoms with Gasteiger partial charge in [0.05, 0.1) is 11.3 Å². The average molecular weight is 306 g/mol. The first-order valence-electron chi connectivity index (χ1n) is 7.37. The molecule has 1 heterocycles. The van der Waals surface area contributed by atoms with Crippen LogP contribution in [-0.4, -0.2) is 29.9 Å². The Kier molecular flexibility index (Phi) is 5.46. The second-order valence-electron chi connectivity index (χ2n) is 5.41. The molecule has 1 saturated heterocycles. The van der Waals surface area contributed by atoms with E-state index in [1.807, 2.05) is 11.8 Å². The second-order valence-corrected chi connectivity index (χ2v) is 5.84. The normalized spacial score (nSPS) is 16.7. The molecule has 21 heavy (non-hydrogen) atoms. The van der Waals surface area contributed by atoms with E-state index in [0.29, 0.717) is 16.3 Å². The number of nitrogens with one attached hydrogen (secondary N) is 1. The van der Waals surface area contributed by atoms with Crippen molar-refractivity contribution in [3.8, 4) is 6.07 Å². The first kappa shape index (κ1) is 15.7. The van der Waals surface area contributed by atoms with Crippen molar-refractivity contribution >= 4 is 23.2 Å². The molecule has 1 N–H and O–H groups in total. The van der Waals surface area contributed by atoms with Crippen molar-refractivity contribution in [2.45, 2.75) is 38.6 Å². The average Bonchev–Trinajstić information content (AvgIpc) is 2.75. The van der Waals surface area contributed by atoms with Gasteiger partial charge in [0, 0.05) is 18.1 Å². The van der Waals surface area contributed by atoms with E-state index >= 15 is 0 Å². The molecule has 2 rings (SSSR count). The topological polar surface area (TPSA) is 56.1 Å². The number of nitrogens with zero attached hydrogens (tertiary/aromatic N) is 2. The molecule has 1 aromatic carbocycles. The van der Waals surface area contributed by atoms with E-state index in [-0.39, 0.29) is 11.9 Å². The van der Waals surface area contributed by atoms with Gasteiger partial charge in [-0.05, 0) is 38.0 Å². The monoisotopic (exact) mass is 305 g/mol. The van der Waals surface area contributed by atoms with E-state index in [9.17, 15) is 4.79 Å². The molecule has 0 aromatic heterocycles. The van der Waals surface area contributed by atoms with Crippen LogP contribution in [0.4, 0.5) is 5.69 Å². The lowest BCUT2D eigenvalue weighted by Crippen LogP contribution is -2.42. The highest BCUT2D eigenvalue weighted by Gasteiger charge is 2.22. The van der Waals surface area contributed by atoms with Crippen LogP contribution in [0.3, 0.4) is 0 Å². The fourth-order valence-electron chi connectivity index (χ4n) is 2.59. The van der Waals surface area contributed by atoms with Crippen LogP contribution in [0.1, 0.15) is 38.2 Å². The van der Waals surface area contributed by atoms with Gasteiger partial charge in [0.25, 0.3) is 0 Å². The number of rotatable bonds is 3. The molecule has 1 aromatic rings. The van der Waals surface area contributed by atoms with E-state index in [1.165, 1.54) is 12.8 Å². The molecule has 0 saturated carbocycles. The fourth-order valence-corrected chi connectivity index (χ4v) is 2.77. The van der Waals surface area contributed by atoms with Gasteiger partial charge in [0.15, 0.2) is 0 Å². The lowest BCUT2D eigenvalue weighted by atomic mass is 10.1. The van der Waals surface area contributed by atoms with E-state index in [4.69, 9.17) is 16.9 Å². The highest BCUT2D eigenvalue weighted by molar-refractivity contribution is 6.30. The molecule has 1 aliphatic rings. The number of likely N-dealkylation sites (tertiary alicyclic amines) is 1. The molecule has 1 amide bonds. The Balaban J connectivity index is 2.06. The summed E-state index contributed by atoms with van der Waals surface area (Å²) in [5.74, 6) is 0.0840. The zero-order valence-corrected chi connectivity index (χ0v) is 13.0. The molecule has 1 unspecified atom stereocenters. The van der Waals surface area contributed by atoms with E-state index < -0.39 is 0 Å². The molecular weight excluding hydrogens is 286 g/mol. The van der Waals surface area contributed by atoms with Crippen molar-refractivity contribution < 1.29 is 4.79 Å². The SMILES string of the molecule is CC(Nc1cc(Cl)ccc1C#N)C(=O)N1CCCCCC1. The predicted molar refractivity (Wildman–Crippen MR) is 84.3 cm³/mol. The lowest BCUT2D eigenvalue weighted by molar-refractivity contribution is -0.131. The summed E-state index contributed by atoms with van der Waals surface area (Å²) in [6.45, 7) is 3.48. The lowest BCUT2D eigenvalue weighted by Gasteiger charge is -2.25. The summed E-state index contributed by atoms with van der Waals surface area (Å²) in [6.07, 6.45) is 4.52. The first-order chi connectivity index (χ1) is 10.1. The van der Waals surface area contributed by atoms with Gasteiger partial charge in [-0.1, -0.05) is 24.4 Å². The number of halogens is 1. The van der Waals surface area contributed by atoms with Gasteiger partial charge in [0.2, 0.25) is 5.91 Å². The molecule has 0 aliphatic carbocycles. The Bertz CT molecular complexity index is 545. The van der Waals surface area contributed by atoms with Crippen molar-refractivity contribution in [3.63, 3.8) is 0 Å². The number of benzene rings is 1. The third-order valence-corrected chi connectivity index (χ3v) is 4.00. The first-order valence-corrected chi connectivity index (χ1v) is 7.74. The van der Waals surface area contributed by atoms with Gasteiger partial charge in [-0.3, -0.25) is 4.79 Å². The van der Waals surface area contributed by atoms with Crippen molar-refractivity contribution in [1.82, 2.24) is 4.90 Å². The maximum absolute atomic E-state index is 12.5. The third kappa shape index (κ3) is 4.12. The van der Waals surface area contributed by atoms with Crippen LogP contribution in [0.15, 0.2) is 18.2 Å². The Morgan fingerprint density at radius 1 is 1.33 bits per heavy atom. The number of nitriles is 1. The van der Waals surface area contributed by atoms with Crippen molar-refractivity contribution in [2.24, 2.45) is 0 Å². The molecule has 5 heteroatoms. The summed E-state index contributed by atoms with van der Waals surface area (Å²) in [5, 5.41) is 12.8. The zero-order valence-electron chi connectivity index (χ0n) is 12.2. The highest BCUT2D eigenvalue weighted by Crippen LogP contribution is 2.21. The number of carbonyl (C=O) groups excluding carboxylic acids is 1. The predicted octanol–water partition coefficient (Wildman–Crippen LogP) is 3.41. The number of anilines is 1. The van der Waals surface area contributed by atoms with Crippen LogP contribution < -0.4 is 5.32 Å². The van der Waals surface area contributed by atoms with Gasteiger partial charge in [-0.2, -0.15) is 5.26 Å². The summed E-state index contributed by atoms with van der Waals surface area (Å²) in [4.78, 5) is 14.4. The zero-order chi connectivity index (χ0) is 15.2. The minimum absolute atomic E-state index is 0.0840. The van der Waals surface area contributed by atoms with Gasteiger partial charge < -0.3 is 10.2 Å². The van der Waals surface area contributed by atoms with Crippen LogP contribution in [0.2, 0.25) is 5.02 Å². The smallest absolute Gasteiger partial charge is 0.244 e. The minimum atomic E-state index is -0.367. The van der Waals surface area contributed by atoms with Crippen LogP contribution in [0.5, 0.6) is 0 Å². The van der Waals surface area contributed by atoms with Gasteiger partial charge in [0.1, 0.15) is 12.1 Å². The molecule has 4 nitrogen and oxygen atoms in total. The third-order valence-electron chi connectivity index (χ3n) is 3.76. The van der Waals surface area contributed by atoms with Gasteiger partial charge >= 0.3 is 0 Å². The quantitative estimate of drug-likeness (QED) is 0.931. The number of amides is 1. The number of hydrogen-bond acceptors (Lipinski definition) is 3.